The molecule has 6 rings (SSSR count). The highest BCUT2D eigenvalue weighted by atomic mass is 16.2. The van der Waals surface area contributed by atoms with Crippen molar-refractivity contribution in [3.05, 3.63) is 12.2 Å². The number of allylic oxidation sites excluding steroid dienone is 2. The summed E-state index contributed by atoms with van der Waals surface area (Å²) < 4.78 is 0. The third-order valence-electron chi connectivity index (χ3n) is 7.99. The first kappa shape index (κ1) is 16.8. The van der Waals surface area contributed by atoms with E-state index in [1.165, 1.54) is 19.3 Å². The van der Waals surface area contributed by atoms with E-state index in [9.17, 15) is 9.59 Å². The molecule has 5 fully saturated rings. The summed E-state index contributed by atoms with van der Waals surface area (Å²) in [5.41, 5.74) is -0.0326. The number of rotatable bonds is 2. The molecular weight excluding hydrogens is 324 g/mol. The van der Waals surface area contributed by atoms with Crippen molar-refractivity contribution in [2.24, 2.45) is 29.1 Å². The Kier molecular flexibility index (Phi) is 4.13. The van der Waals surface area contributed by atoms with Gasteiger partial charge in [0, 0.05) is 32.1 Å². The Morgan fingerprint density at radius 3 is 1.92 bits per heavy atom. The van der Waals surface area contributed by atoms with Crippen LogP contribution in [0.3, 0.4) is 0 Å². The number of amides is 2. The summed E-state index contributed by atoms with van der Waals surface area (Å²) >= 11 is 0. The maximum Gasteiger partial charge on any atom is 0.228 e. The molecule has 1 atom stereocenters. The van der Waals surface area contributed by atoms with Gasteiger partial charge in [-0.05, 0) is 75.5 Å². The molecule has 4 bridgehead atoms. The third-order valence-corrected chi connectivity index (χ3v) is 7.99. The van der Waals surface area contributed by atoms with Crippen LogP contribution in [0.5, 0.6) is 0 Å². The second kappa shape index (κ2) is 6.38. The fourth-order valence-corrected chi connectivity index (χ4v) is 7.11. The predicted octanol–water partition coefficient (Wildman–Crippen LogP) is 3.23. The van der Waals surface area contributed by atoms with Crippen LogP contribution in [0.2, 0.25) is 0 Å². The molecule has 0 N–H and O–H groups in total. The first-order chi connectivity index (χ1) is 12.6. The minimum Gasteiger partial charge on any atom is -0.339 e. The minimum atomic E-state index is -0.0326. The van der Waals surface area contributed by atoms with Crippen molar-refractivity contribution in [3.63, 3.8) is 0 Å². The highest BCUT2D eigenvalue weighted by Crippen LogP contribution is 2.60. The Morgan fingerprint density at radius 1 is 0.808 bits per heavy atom. The summed E-state index contributed by atoms with van der Waals surface area (Å²) in [6, 6.07) is 0. The largest absolute Gasteiger partial charge is 0.339 e. The van der Waals surface area contributed by atoms with Crippen LogP contribution in [0, 0.1) is 29.1 Å². The lowest BCUT2D eigenvalue weighted by Gasteiger charge is -2.57. The molecule has 1 heterocycles. The van der Waals surface area contributed by atoms with Crippen LogP contribution in [0.25, 0.3) is 0 Å². The summed E-state index contributed by atoms with van der Waals surface area (Å²) in [6.07, 6.45) is 14.8. The van der Waals surface area contributed by atoms with Crippen LogP contribution >= 0.6 is 0 Å². The molecule has 0 aromatic rings. The summed E-state index contributed by atoms with van der Waals surface area (Å²) in [6.45, 7) is 2.96. The topological polar surface area (TPSA) is 40.6 Å². The molecular formula is C22H32N2O2. The summed E-state index contributed by atoms with van der Waals surface area (Å²) in [5, 5.41) is 0. The molecule has 0 spiro atoms. The fraction of sp³-hybridized carbons (Fsp3) is 0.818. The molecule has 142 valence electrons. The molecule has 1 aliphatic heterocycles. The number of hydrogen-bond donors (Lipinski definition) is 0. The van der Waals surface area contributed by atoms with Gasteiger partial charge in [0.15, 0.2) is 0 Å². The van der Waals surface area contributed by atoms with Crippen molar-refractivity contribution in [3.8, 4) is 0 Å². The van der Waals surface area contributed by atoms with E-state index >= 15 is 0 Å². The number of nitrogens with zero attached hydrogens (tertiary/aromatic N) is 2. The monoisotopic (exact) mass is 356 g/mol. The van der Waals surface area contributed by atoms with Crippen LogP contribution in [-0.4, -0.2) is 47.8 Å². The standard InChI is InChI=1S/C22H32N2O2/c25-20(19-4-2-1-3-5-19)23-6-8-24(9-7-23)21(26)22-13-16-10-17(14-22)12-18(11-16)15-22/h1-2,16-19H,3-15H2. The van der Waals surface area contributed by atoms with E-state index in [-0.39, 0.29) is 11.3 Å². The highest BCUT2D eigenvalue weighted by Gasteiger charge is 2.55. The van der Waals surface area contributed by atoms with Gasteiger partial charge in [0.2, 0.25) is 11.8 Å². The van der Waals surface area contributed by atoms with Crippen LogP contribution in [0.4, 0.5) is 0 Å². The summed E-state index contributed by atoms with van der Waals surface area (Å²) in [7, 11) is 0. The average Bonchev–Trinajstić information content (AvgIpc) is 2.67. The number of carbonyl (C=O) groups is 2. The molecule has 5 aliphatic carbocycles. The minimum absolute atomic E-state index is 0.0326. The highest BCUT2D eigenvalue weighted by molar-refractivity contribution is 5.84. The second-order valence-corrected chi connectivity index (χ2v) is 9.80. The molecule has 6 aliphatic rings. The van der Waals surface area contributed by atoms with Gasteiger partial charge in [0.05, 0.1) is 5.41 Å². The van der Waals surface area contributed by atoms with Crippen molar-refractivity contribution >= 4 is 11.8 Å². The van der Waals surface area contributed by atoms with E-state index < -0.39 is 0 Å². The quantitative estimate of drug-likeness (QED) is 0.713. The van der Waals surface area contributed by atoms with Crippen LogP contribution in [0.1, 0.15) is 57.8 Å². The van der Waals surface area contributed by atoms with Crippen LogP contribution < -0.4 is 0 Å². The van der Waals surface area contributed by atoms with Gasteiger partial charge in [-0.1, -0.05) is 12.2 Å². The maximum atomic E-state index is 13.4. The van der Waals surface area contributed by atoms with E-state index in [0.717, 1.165) is 82.5 Å². The Labute approximate surface area is 157 Å². The molecule has 1 unspecified atom stereocenters. The van der Waals surface area contributed by atoms with Gasteiger partial charge in [-0.3, -0.25) is 9.59 Å². The zero-order valence-electron chi connectivity index (χ0n) is 15.9. The van der Waals surface area contributed by atoms with E-state index in [2.05, 4.69) is 17.1 Å². The van der Waals surface area contributed by atoms with E-state index in [4.69, 9.17) is 0 Å². The normalized spacial score (nSPS) is 41.5. The molecule has 1 saturated heterocycles. The Hall–Kier alpha value is -1.32. The van der Waals surface area contributed by atoms with E-state index in [1.54, 1.807) is 0 Å². The Morgan fingerprint density at radius 2 is 1.38 bits per heavy atom. The fourth-order valence-electron chi connectivity index (χ4n) is 7.11. The number of hydrogen-bond acceptors (Lipinski definition) is 2. The van der Waals surface area contributed by atoms with Crippen LogP contribution in [0.15, 0.2) is 12.2 Å². The Balaban J connectivity index is 1.21. The molecule has 0 radical (unpaired) electrons. The van der Waals surface area contributed by atoms with Crippen molar-refractivity contribution in [1.29, 1.82) is 0 Å². The van der Waals surface area contributed by atoms with Crippen molar-refractivity contribution < 1.29 is 9.59 Å². The average molecular weight is 357 g/mol. The zero-order chi connectivity index (χ0) is 17.7. The first-order valence-electron chi connectivity index (χ1n) is 10.9. The molecule has 0 aromatic carbocycles. The molecule has 2 amide bonds. The first-order valence-corrected chi connectivity index (χ1v) is 10.9. The molecule has 26 heavy (non-hydrogen) atoms. The third kappa shape index (κ3) is 2.80. The van der Waals surface area contributed by atoms with Gasteiger partial charge >= 0.3 is 0 Å². The Bertz CT molecular complexity index is 582. The van der Waals surface area contributed by atoms with E-state index in [1.807, 2.05) is 4.90 Å². The lowest BCUT2D eigenvalue weighted by Crippen LogP contribution is -2.59. The second-order valence-electron chi connectivity index (χ2n) is 9.80. The van der Waals surface area contributed by atoms with Gasteiger partial charge in [0.1, 0.15) is 0 Å². The van der Waals surface area contributed by atoms with Gasteiger partial charge in [0.25, 0.3) is 0 Å². The molecule has 4 nitrogen and oxygen atoms in total. The van der Waals surface area contributed by atoms with E-state index in [0.29, 0.717) is 11.8 Å². The zero-order valence-corrected chi connectivity index (χ0v) is 15.9. The smallest absolute Gasteiger partial charge is 0.228 e. The van der Waals surface area contributed by atoms with Gasteiger partial charge in [-0.15, -0.1) is 0 Å². The van der Waals surface area contributed by atoms with Crippen molar-refractivity contribution in [1.82, 2.24) is 9.80 Å². The lowest BCUT2D eigenvalue weighted by atomic mass is 9.49. The maximum absolute atomic E-state index is 13.4. The predicted molar refractivity (Wildman–Crippen MR) is 100 cm³/mol. The van der Waals surface area contributed by atoms with Crippen molar-refractivity contribution in [2.75, 3.05) is 26.2 Å². The van der Waals surface area contributed by atoms with Gasteiger partial charge in [-0.2, -0.15) is 0 Å². The molecule has 4 heteroatoms. The summed E-state index contributed by atoms with van der Waals surface area (Å²) in [5.74, 6) is 3.36. The molecule has 4 saturated carbocycles. The van der Waals surface area contributed by atoms with Gasteiger partial charge in [-0.25, -0.2) is 0 Å². The number of carbonyl (C=O) groups excluding carboxylic acids is 2. The van der Waals surface area contributed by atoms with Crippen LogP contribution in [-0.2, 0) is 9.59 Å². The number of piperazine rings is 1. The lowest BCUT2D eigenvalue weighted by molar-refractivity contribution is -0.161. The SMILES string of the molecule is O=C(C1CC=CCC1)N1CCN(C(=O)C23CC4CC(CC(C4)C2)C3)CC1. The molecule has 0 aromatic heterocycles. The van der Waals surface area contributed by atoms with Gasteiger partial charge < -0.3 is 9.80 Å². The summed E-state index contributed by atoms with van der Waals surface area (Å²) in [4.78, 5) is 30.3. The van der Waals surface area contributed by atoms with Crippen molar-refractivity contribution in [2.45, 2.75) is 57.8 Å².